The van der Waals surface area contributed by atoms with E-state index in [2.05, 4.69) is 15.5 Å². The number of ether oxygens (including phenoxy) is 1. The molecule has 0 fully saturated rings. The smallest absolute Gasteiger partial charge is 0.242 e. The van der Waals surface area contributed by atoms with Gasteiger partial charge in [-0.05, 0) is 14.0 Å². The van der Waals surface area contributed by atoms with E-state index in [1.807, 2.05) is 14.0 Å². The number of nitrogens with one attached hydrogen (secondary N) is 1. The molecule has 0 aliphatic heterocycles. The molecule has 1 aromatic heterocycles. The zero-order valence-electron chi connectivity index (χ0n) is 7.50. The summed E-state index contributed by atoms with van der Waals surface area (Å²) in [6.45, 7) is 2.31. The van der Waals surface area contributed by atoms with Gasteiger partial charge in [-0.2, -0.15) is 0 Å². The number of rotatable bonds is 4. The monoisotopic (exact) mass is 171 g/mol. The van der Waals surface area contributed by atoms with Crippen LogP contribution in [-0.4, -0.2) is 24.4 Å². The second-order valence-electron chi connectivity index (χ2n) is 2.48. The lowest BCUT2D eigenvalue weighted by Gasteiger charge is -2.01. The Bertz CT molecular complexity index is 236. The summed E-state index contributed by atoms with van der Waals surface area (Å²) < 4.78 is 10.1. The first-order valence-electron chi connectivity index (χ1n) is 3.76. The molecule has 0 aliphatic rings. The molecular weight excluding hydrogens is 158 g/mol. The van der Waals surface area contributed by atoms with Crippen LogP contribution in [0.5, 0.6) is 0 Å². The molecular formula is C7H13N3O2. The minimum atomic E-state index is 0.0862. The van der Waals surface area contributed by atoms with Crippen molar-refractivity contribution in [3.8, 4) is 0 Å². The second-order valence-corrected chi connectivity index (χ2v) is 2.48. The van der Waals surface area contributed by atoms with Gasteiger partial charge in [0, 0.05) is 7.11 Å². The minimum absolute atomic E-state index is 0.0862. The Balaban J connectivity index is 2.63. The summed E-state index contributed by atoms with van der Waals surface area (Å²) >= 11 is 0. The average Bonchev–Trinajstić information content (AvgIpc) is 2.52. The molecule has 0 radical (unpaired) electrons. The third kappa shape index (κ3) is 2.02. The highest BCUT2D eigenvalue weighted by molar-refractivity contribution is 4.86. The first-order chi connectivity index (χ1) is 5.77. The number of nitrogens with zero attached hydrogens (tertiary/aromatic N) is 2. The first-order valence-corrected chi connectivity index (χ1v) is 3.76. The lowest BCUT2D eigenvalue weighted by Crippen LogP contribution is -2.12. The van der Waals surface area contributed by atoms with Crippen LogP contribution in [0.15, 0.2) is 4.42 Å². The maximum absolute atomic E-state index is 5.27. The van der Waals surface area contributed by atoms with Gasteiger partial charge in [0.25, 0.3) is 0 Å². The summed E-state index contributed by atoms with van der Waals surface area (Å²) in [6.07, 6.45) is 0. The summed E-state index contributed by atoms with van der Waals surface area (Å²) in [5.74, 6) is 1.10. The zero-order chi connectivity index (χ0) is 8.97. The molecule has 1 N–H and O–H groups in total. The van der Waals surface area contributed by atoms with E-state index in [1.165, 1.54) is 0 Å². The summed E-state index contributed by atoms with van der Waals surface area (Å²) in [5.41, 5.74) is 0. The van der Waals surface area contributed by atoms with Crippen LogP contribution in [-0.2, 0) is 11.3 Å². The van der Waals surface area contributed by atoms with Crippen LogP contribution in [0.4, 0.5) is 0 Å². The molecule has 68 valence electrons. The highest BCUT2D eigenvalue weighted by Crippen LogP contribution is 2.09. The standard InChI is InChI=1S/C7H13N3O2/c1-5(8-2)7-10-9-6(12-7)4-11-3/h5,8H,4H2,1-3H3. The largest absolute Gasteiger partial charge is 0.421 e. The van der Waals surface area contributed by atoms with Crippen LogP contribution in [0.3, 0.4) is 0 Å². The molecule has 5 heteroatoms. The fraction of sp³-hybridized carbons (Fsp3) is 0.714. The van der Waals surface area contributed by atoms with Gasteiger partial charge in [0.05, 0.1) is 6.04 Å². The van der Waals surface area contributed by atoms with E-state index in [4.69, 9.17) is 9.15 Å². The fourth-order valence-corrected chi connectivity index (χ4v) is 0.747. The van der Waals surface area contributed by atoms with Gasteiger partial charge in [-0.1, -0.05) is 0 Å². The summed E-state index contributed by atoms with van der Waals surface area (Å²) in [4.78, 5) is 0. The van der Waals surface area contributed by atoms with Crippen LogP contribution < -0.4 is 5.32 Å². The van der Waals surface area contributed by atoms with E-state index in [-0.39, 0.29) is 6.04 Å². The van der Waals surface area contributed by atoms with Crippen LogP contribution in [0.1, 0.15) is 24.7 Å². The highest BCUT2D eigenvalue weighted by Gasteiger charge is 2.10. The Morgan fingerprint density at radius 2 is 2.33 bits per heavy atom. The normalized spacial score (nSPS) is 13.2. The van der Waals surface area contributed by atoms with Crippen molar-refractivity contribution in [2.45, 2.75) is 19.6 Å². The van der Waals surface area contributed by atoms with E-state index in [1.54, 1.807) is 7.11 Å². The molecule has 0 saturated carbocycles. The van der Waals surface area contributed by atoms with Gasteiger partial charge in [0.15, 0.2) is 0 Å². The number of methoxy groups -OCH3 is 1. The molecule has 0 bridgehead atoms. The Hall–Kier alpha value is -0.940. The number of hydrogen-bond acceptors (Lipinski definition) is 5. The summed E-state index contributed by atoms with van der Waals surface area (Å²) in [5, 5.41) is 10.6. The van der Waals surface area contributed by atoms with Crippen molar-refractivity contribution in [3.05, 3.63) is 11.8 Å². The Kier molecular flexibility index (Phi) is 3.19. The van der Waals surface area contributed by atoms with Crippen molar-refractivity contribution in [1.29, 1.82) is 0 Å². The van der Waals surface area contributed by atoms with Gasteiger partial charge in [-0.25, -0.2) is 0 Å². The Morgan fingerprint density at radius 1 is 1.58 bits per heavy atom. The number of hydrogen-bond donors (Lipinski definition) is 1. The maximum atomic E-state index is 5.27. The molecule has 1 unspecified atom stereocenters. The minimum Gasteiger partial charge on any atom is -0.421 e. The van der Waals surface area contributed by atoms with Crippen molar-refractivity contribution < 1.29 is 9.15 Å². The van der Waals surface area contributed by atoms with Crippen molar-refractivity contribution in [3.63, 3.8) is 0 Å². The van der Waals surface area contributed by atoms with Crippen LogP contribution in [0.2, 0.25) is 0 Å². The van der Waals surface area contributed by atoms with Gasteiger partial charge in [-0.3, -0.25) is 0 Å². The van der Waals surface area contributed by atoms with E-state index in [0.29, 0.717) is 18.4 Å². The third-order valence-corrected chi connectivity index (χ3v) is 1.55. The molecule has 12 heavy (non-hydrogen) atoms. The highest BCUT2D eigenvalue weighted by atomic mass is 16.5. The van der Waals surface area contributed by atoms with Gasteiger partial charge in [0.1, 0.15) is 6.61 Å². The van der Waals surface area contributed by atoms with Crippen molar-refractivity contribution in [1.82, 2.24) is 15.5 Å². The molecule has 0 amide bonds. The fourth-order valence-electron chi connectivity index (χ4n) is 0.747. The lowest BCUT2D eigenvalue weighted by molar-refractivity contribution is 0.157. The molecule has 1 rings (SSSR count). The van der Waals surface area contributed by atoms with E-state index in [9.17, 15) is 0 Å². The summed E-state index contributed by atoms with van der Waals surface area (Å²) in [6, 6.07) is 0.0862. The van der Waals surface area contributed by atoms with Gasteiger partial charge in [-0.15, -0.1) is 10.2 Å². The maximum Gasteiger partial charge on any atom is 0.242 e. The average molecular weight is 171 g/mol. The lowest BCUT2D eigenvalue weighted by atomic mass is 10.3. The predicted molar refractivity (Wildman–Crippen MR) is 42.5 cm³/mol. The molecule has 0 aromatic carbocycles. The van der Waals surface area contributed by atoms with Crippen LogP contribution in [0.25, 0.3) is 0 Å². The van der Waals surface area contributed by atoms with Crippen LogP contribution in [0, 0.1) is 0 Å². The predicted octanol–water partition coefficient (Wildman–Crippen LogP) is 0.496. The van der Waals surface area contributed by atoms with E-state index >= 15 is 0 Å². The second kappa shape index (κ2) is 4.18. The topological polar surface area (TPSA) is 60.2 Å². The molecule has 0 aliphatic carbocycles. The Labute approximate surface area is 71.1 Å². The molecule has 0 saturated heterocycles. The quantitative estimate of drug-likeness (QED) is 0.714. The molecule has 1 aromatic rings. The molecule has 1 atom stereocenters. The number of aromatic nitrogens is 2. The van der Waals surface area contributed by atoms with Gasteiger partial charge >= 0.3 is 0 Å². The third-order valence-electron chi connectivity index (χ3n) is 1.55. The van der Waals surface area contributed by atoms with E-state index in [0.717, 1.165) is 0 Å². The van der Waals surface area contributed by atoms with Gasteiger partial charge < -0.3 is 14.5 Å². The molecule has 1 heterocycles. The van der Waals surface area contributed by atoms with E-state index < -0.39 is 0 Å². The van der Waals surface area contributed by atoms with Crippen molar-refractivity contribution in [2.24, 2.45) is 0 Å². The Morgan fingerprint density at radius 3 is 2.92 bits per heavy atom. The first kappa shape index (κ1) is 9.15. The molecule has 5 nitrogen and oxygen atoms in total. The molecule has 0 spiro atoms. The zero-order valence-corrected chi connectivity index (χ0v) is 7.50. The SMILES string of the molecule is CNC(C)c1nnc(COC)o1. The van der Waals surface area contributed by atoms with Crippen molar-refractivity contribution >= 4 is 0 Å². The van der Waals surface area contributed by atoms with Crippen molar-refractivity contribution in [2.75, 3.05) is 14.2 Å². The van der Waals surface area contributed by atoms with Crippen LogP contribution >= 0.6 is 0 Å². The summed E-state index contributed by atoms with van der Waals surface area (Å²) in [7, 11) is 3.43. The van der Waals surface area contributed by atoms with Gasteiger partial charge in [0.2, 0.25) is 11.8 Å².